The standard InChI is InChI=1S/C76H104N8O13/c1-14-50(7)64(80-68(88)59(77)37-28-44-85)72(92)84(13)62(46-53-38-40-58(41-39-53)97-75(10,11)12)70(90)81-65(51(8)15-2)74(94)96-52(9)66(71(91)79-61(45-48(3)4)73(93)95-47-54-29-20-16-21-30-54)82-69(89)60(78-67(87)49(5)6)42-43-63(86)83-76(55-31-22-17-23-32-55,56-33-24-18-25-34-56)57-35-26-19-27-36-57/h16-27,29-36,38-41,48-52,59-62,64-66,85H,14-15,28,37,42-47,77H2,1-13H3,(H,78,87)(H,79,91)(H,80,88)(H,81,90)(H,82,89)(H,83,86)/t50-,51-,52+,59-,60-,61-,62-,64-,65-,66-/m0/s1. The Morgan fingerprint density at radius 2 is 1.04 bits per heavy atom. The highest BCUT2D eigenvalue weighted by Crippen LogP contribution is 2.37. The number of amides is 7. The lowest BCUT2D eigenvalue weighted by Crippen LogP contribution is -2.61. The number of esters is 2. The smallest absolute Gasteiger partial charge is 0.329 e. The van der Waals surface area contributed by atoms with Crippen LogP contribution in [0.4, 0.5) is 0 Å². The molecule has 0 heterocycles. The van der Waals surface area contributed by atoms with Crippen LogP contribution in [-0.4, -0.2) is 131 Å². The van der Waals surface area contributed by atoms with Gasteiger partial charge in [0, 0.05) is 32.4 Å². The summed E-state index contributed by atoms with van der Waals surface area (Å²) in [5.74, 6) is -8.12. The summed E-state index contributed by atoms with van der Waals surface area (Å²) >= 11 is 0. The molecule has 5 rings (SSSR count). The number of carbonyl (C=O) groups is 9. The normalized spacial score (nSPS) is 14.7. The number of benzene rings is 5. The number of aliphatic hydroxyl groups excluding tert-OH is 1. The number of nitrogens with zero attached hydrogens (tertiary/aromatic N) is 1. The van der Waals surface area contributed by atoms with Crippen molar-refractivity contribution in [2.45, 2.75) is 201 Å². The monoisotopic (exact) mass is 1340 g/mol. The largest absolute Gasteiger partial charge is 0.488 e. The maximum atomic E-state index is 15.2. The molecule has 0 saturated heterocycles. The molecule has 0 unspecified atom stereocenters. The van der Waals surface area contributed by atoms with Gasteiger partial charge in [-0.05, 0) is 111 Å². The molecule has 0 bridgehead atoms. The summed E-state index contributed by atoms with van der Waals surface area (Å²) in [6.45, 7) is 20.8. The highest BCUT2D eigenvalue weighted by atomic mass is 16.5. The van der Waals surface area contributed by atoms with Gasteiger partial charge in [-0.2, -0.15) is 0 Å². The number of carbonyl (C=O) groups excluding carboxylic acids is 9. The highest BCUT2D eigenvalue weighted by molar-refractivity contribution is 5.96. The van der Waals surface area contributed by atoms with Crippen LogP contribution in [0, 0.1) is 23.7 Å². The average Bonchev–Trinajstić information content (AvgIpc) is 0.762. The maximum absolute atomic E-state index is 15.2. The lowest BCUT2D eigenvalue weighted by Gasteiger charge is -2.37. The fraction of sp³-hybridized carbons (Fsp3) is 0.487. The van der Waals surface area contributed by atoms with Gasteiger partial charge in [-0.25, -0.2) is 9.59 Å². The first-order valence-corrected chi connectivity index (χ1v) is 33.8. The molecule has 97 heavy (non-hydrogen) atoms. The molecule has 21 nitrogen and oxygen atoms in total. The fourth-order valence-electron chi connectivity index (χ4n) is 11.0. The van der Waals surface area contributed by atoms with Gasteiger partial charge in [0.2, 0.25) is 41.4 Å². The number of nitrogens with one attached hydrogen (secondary N) is 6. The van der Waals surface area contributed by atoms with Crippen LogP contribution in [0.2, 0.25) is 0 Å². The summed E-state index contributed by atoms with van der Waals surface area (Å²) in [7, 11) is 1.43. The van der Waals surface area contributed by atoms with E-state index in [0.717, 1.165) is 16.7 Å². The molecular weight excluding hydrogens is 1230 g/mol. The first-order valence-electron chi connectivity index (χ1n) is 33.8. The quantitative estimate of drug-likeness (QED) is 0.0138. The molecule has 0 spiro atoms. The van der Waals surface area contributed by atoms with Crippen LogP contribution in [0.15, 0.2) is 146 Å². The summed E-state index contributed by atoms with van der Waals surface area (Å²) in [6.07, 6.45) is -1.01. The minimum atomic E-state index is -1.80. The van der Waals surface area contributed by atoms with Crippen molar-refractivity contribution in [3.05, 3.63) is 173 Å². The molecule has 10 atom stereocenters. The molecule has 0 aliphatic carbocycles. The molecule has 0 fully saturated rings. The summed E-state index contributed by atoms with van der Waals surface area (Å²) < 4.78 is 18.0. The maximum Gasteiger partial charge on any atom is 0.329 e. The lowest BCUT2D eigenvalue weighted by molar-refractivity contribution is -0.158. The number of ether oxygens (including phenoxy) is 3. The first-order chi connectivity index (χ1) is 46.0. The van der Waals surface area contributed by atoms with Crippen LogP contribution in [0.25, 0.3) is 0 Å². The minimum Gasteiger partial charge on any atom is -0.488 e. The zero-order chi connectivity index (χ0) is 71.6. The summed E-state index contributed by atoms with van der Waals surface area (Å²) in [5.41, 5.74) is 7.99. The van der Waals surface area contributed by atoms with Crippen LogP contribution in [0.3, 0.4) is 0 Å². The Labute approximate surface area is 572 Å². The molecule has 0 aromatic heterocycles. The molecule has 9 N–H and O–H groups in total. The predicted molar refractivity (Wildman–Crippen MR) is 373 cm³/mol. The fourth-order valence-corrected chi connectivity index (χ4v) is 11.0. The summed E-state index contributed by atoms with van der Waals surface area (Å²) in [5, 5.41) is 26.6. The van der Waals surface area contributed by atoms with Crippen molar-refractivity contribution < 1.29 is 62.5 Å². The van der Waals surface area contributed by atoms with E-state index < -0.39 is 131 Å². The van der Waals surface area contributed by atoms with E-state index in [-0.39, 0.29) is 57.7 Å². The predicted octanol–water partition coefficient (Wildman–Crippen LogP) is 8.12. The van der Waals surface area contributed by atoms with E-state index >= 15 is 19.2 Å². The number of likely N-dealkylation sites (N-methyl/N-ethyl adjacent to an activating group) is 1. The van der Waals surface area contributed by atoms with Crippen LogP contribution >= 0.6 is 0 Å². The Morgan fingerprint density at radius 3 is 1.54 bits per heavy atom. The second-order valence-electron chi connectivity index (χ2n) is 26.8. The molecular formula is C76H104N8O13. The van der Waals surface area contributed by atoms with Crippen molar-refractivity contribution in [2.24, 2.45) is 29.4 Å². The van der Waals surface area contributed by atoms with E-state index in [1.165, 1.54) is 18.9 Å². The second-order valence-corrected chi connectivity index (χ2v) is 26.8. The van der Waals surface area contributed by atoms with Gasteiger partial charge < -0.3 is 61.9 Å². The van der Waals surface area contributed by atoms with Crippen molar-refractivity contribution >= 4 is 53.3 Å². The first kappa shape index (κ1) is 78.7. The van der Waals surface area contributed by atoms with E-state index in [1.807, 2.05) is 139 Å². The zero-order valence-electron chi connectivity index (χ0n) is 58.7. The van der Waals surface area contributed by atoms with Gasteiger partial charge in [-0.1, -0.05) is 202 Å². The molecule has 5 aromatic carbocycles. The van der Waals surface area contributed by atoms with Gasteiger partial charge in [0.05, 0.1) is 6.04 Å². The van der Waals surface area contributed by atoms with Gasteiger partial charge in [-0.3, -0.25) is 33.6 Å². The van der Waals surface area contributed by atoms with Crippen LogP contribution in [-0.2, 0) is 71.2 Å². The summed E-state index contributed by atoms with van der Waals surface area (Å²) in [4.78, 5) is 133. The zero-order valence-corrected chi connectivity index (χ0v) is 58.7. The van der Waals surface area contributed by atoms with Crippen molar-refractivity contribution in [3.63, 3.8) is 0 Å². The van der Waals surface area contributed by atoms with Crippen LogP contribution in [0.1, 0.15) is 156 Å². The Hall–Kier alpha value is -8.95. The molecule has 0 radical (unpaired) electrons. The lowest BCUT2D eigenvalue weighted by atomic mass is 9.77. The number of aliphatic hydroxyl groups is 1. The third-order valence-electron chi connectivity index (χ3n) is 17.1. The van der Waals surface area contributed by atoms with E-state index in [2.05, 4.69) is 31.9 Å². The number of hydrogen-bond acceptors (Lipinski definition) is 14. The van der Waals surface area contributed by atoms with Gasteiger partial charge in [0.1, 0.15) is 65.9 Å². The Balaban J connectivity index is 1.54. The van der Waals surface area contributed by atoms with Gasteiger partial charge in [0.15, 0.2) is 0 Å². The molecule has 7 amide bonds. The van der Waals surface area contributed by atoms with E-state index in [9.17, 15) is 29.1 Å². The van der Waals surface area contributed by atoms with Crippen molar-refractivity contribution in [3.8, 4) is 5.75 Å². The minimum absolute atomic E-state index is 0.0799. The van der Waals surface area contributed by atoms with E-state index in [4.69, 9.17) is 19.9 Å². The molecule has 526 valence electrons. The highest BCUT2D eigenvalue weighted by Gasteiger charge is 2.42. The molecule has 0 aliphatic rings. The van der Waals surface area contributed by atoms with Crippen molar-refractivity contribution in [1.29, 1.82) is 0 Å². The Kier molecular flexibility index (Phi) is 30.9. The number of hydrogen-bond donors (Lipinski definition) is 8. The summed E-state index contributed by atoms with van der Waals surface area (Å²) in [6, 6.07) is 34.7. The van der Waals surface area contributed by atoms with E-state index in [1.54, 1.807) is 83.1 Å². The third kappa shape index (κ3) is 23.7. The third-order valence-corrected chi connectivity index (χ3v) is 17.1. The average molecular weight is 1340 g/mol. The number of nitrogens with two attached hydrogens (primary N) is 1. The number of rotatable bonds is 37. The topological polar surface area (TPSA) is 303 Å². The van der Waals surface area contributed by atoms with Gasteiger partial charge >= 0.3 is 11.9 Å². The Morgan fingerprint density at radius 1 is 0.546 bits per heavy atom. The van der Waals surface area contributed by atoms with Crippen LogP contribution < -0.4 is 42.4 Å². The molecule has 21 heteroatoms. The SMILES string of the molecule is CC[C@H](C)[C@H](NC(=O)[C@H](Cc1ccc(OC(C)(C)C)cc1)N(C)C(=O)[C@@H](NC(=O)[C@@H](N)CCCO)[C@@H](C)CC)C(=O)O[C@H](C)[C@H](NC(=O)[C@H](CCC(=O)NC(c1ccccc1)(c1ccccc1)c1ccccc1)NC(=O)C(C)C)C(=O)N[C@@H](CC(C)C)C(=O)OCc1ccccc1. The van der Waals surface area contributed by atoms with Gasteiger partial charge in [-0.15, -0.1) is 0 Å². The van der Waals surface area contributed by atoms with Crippen molar-refractivity contribution in [1.82, 2.24) is 36.8 Å². The van der Waals surface area contributed by atoms with Crippen LogP contribution in [0.5, 0.6) is 5.75 Å². The second kappa shape index (κ2) is 38.1. The van der Waals surface area contributed by atoms with Crippen molar-refractivity contribution in [2.75, 3.05) is 13.7 Å². The molecule has 0 aliphatic heterocycles. The molecule has 5 aromatic rings. The van der Waals surface area contributed by atoms with Gasteiger partial charge in [0.25, 0.3) is 0 Å². The Bertz CT molecular complexity index is 3230. The molecule has 0 saturated carbocycles. The van der Waals surface area contributed by atoms with E-state index in [0.29, 0.717) is 29.7 Å².